The highest BCUT2D eigenvalue weighted by atomic mass is 35.5. The number of aliphatic hydroxyl groups is 1. The van der Waals surface area contributed by atoms with E-state index in [9.17, 15) is 9.90 Å². The van der Waals surface area contributed by atoms with Gasteiger partial charge in [-0.25, -0.2) is 4.79 Å². The van der Waals surface area contributed by atoms with Crippen molar-refractivity contribution in [3.63, 3.8) is 0 Å². The molecule has 19 heavy (non-hydrogen) atoms. The van der Waals surface area contributed by atoms with E-state index in [4.69, 9.17) is 16.7 Å². The predicted molar refractivity (Wildman–Crippen MR) is 77.9 cm³/mol. The minimum atomic E-state index is -1.72. The highest BCUT2D eigenvalue weighted by Gasteiger charge is 2.29. The Kier molecular flexibility index (Phi) is 4.04. The van der Waals surface area contributed by atoms with Crippen LogP contribution in [0.2, 0.25) is 5.02 Å². The van der Waals surface area contributed by atoms with E-state index in [1.807, 2.05) is 36.4 Å². The first-order valence-electron chi connectivity index (χ1n) is 5.66. The number of fused-ring (bicyclic) bond motifs is 1. The Hall–Kier alpha value is -1.23. The number of hydrogen-bond donors (Lipinski definition) is 2. The minimum absolute atomic E-state index is 0.0986. The Bertz CT molecular complexity index is 625. The van der Waals surface area contributed by atoms with E-state index in [1.54, 1.807) is 0 Å². The number of rotatable bonds is 4. The molecule has 2 aromatic carbocycles. The first-order chi connectivity index (χ1) is 8.88. The normalized spacial score (nSPS) is 14.3. The molecule has 0 aliphatic carbocycles. The van der Waals surface area contributed by atoms with Gasteiger partial charge in [-0.05, 0) is 42.0 Å². The maximum Gasteiger partial charge on any atom is 0.336 e. The number of benzene rings is 2. The summed E-state index contributed by atoms with van der Waals surface area (Å²) in [5, 5.41) is 21.3. The molecule has 0 saturated carbocycles. The average Bonchev–Trinajstić information content (AvgIpc) is 2.36. The lowest BCUT2D eigenvalue weighted by molar-refractivity contribution is -0.154. The third-order valence-electron chi connectivity index (χ3n) is 2.75. The third-order valence-corrected chi connectivity index (χ3v) is 4.28. The molecule has 3 nitrogen and oxygen atoms in total. The predicted octanol–water partition coefficient (Wildman–Crippen LogP) is 3.42. The van der Waals surface area contributed by atoms with E-state index in [1.165, 1.54) is 18.7 Å². The SMILES string of the molecule is C[C@](O)(CSc1ccc2cc(Cl)ccc2c1)C(=O)O. The molecule has 0 saturated heterocycles. The standard InChI is InChI=1S/C14H13ClO3S/c1-14(18,13(16)17)8-19-12-5-3-9-6-11(15)4-2-10(9)7-12/h2-7,18H,8H2,1H3,(H,16,17)/t14-/m0/s1. The summed E-state index contributed by atoms with van der Waals surface area (Å²) in [6.45, 7) is 1.29. The maximum atomic E-state index is 10.8. The summed E-state index contributed by atoms with van der Waals surface area (Å²) in [5.74, 6) is -1.12. The van der Waals surface area contributed by atoms with Crippen LogP contribution in [0.3, 0.4) is 0 Å². The van der Waals surface area contributed by atoms with Gasteiger partial charge < -0.3 is 10.2 Å². The van der Waals surface area contributed by atoms with Gasteiger partial charge in [-0.1, -0.05) is 23.7 Å². The first kappa shape index (κ1) is 14.2. The summed E-state index contributed by atoms with van der Waals surface area (Å²) < 4.78 is 0. The molecule has 0 heterocycles. The van der Waals surface area contributed by atoms with Gasteiger partial charge >= 0.3 is 5.97 Å². The lowest BCUT2D eigenvalue weighted by Gasteiger charge is -2.17. The smallest absolute Gasteiger partial charge is 0.336 e. The fraction of sp³-hybridized carbons (Fsp3) is 0.214. The summed E-state index contributed by atoms with van der Waals surface area (Å²) in [4.78, 5) is 11.7. The van der Waals surface area contributed by atoms with Crippen molar-refractivity contribution in [1.82, 2.24) is 0 Å². The molecule has 100 valence electrons. The van der Waals surface area contributed by atoms with E-state index in [2.05, 4.69) is 0 Å². The molecule has 2 rings (SSSR count). The lowest BCUT2D eigenvalue weighted by Crippen LogP contribution is -2.37. The van der Waals surface area contributed by atoms with Gasteiger partial charge in [0.15, 0.2) is 5.60 Å². The van der Waals surface area contributed by atoms with Crippen LogP contribution in [0.4, 0.5) is 0 Å². The number of carboxylic acid groups (broad SMARTS) is 1. The van der Waals surface area contributed by atoms with E-state index in [0.717, 1.165) is 15.7 Å². The number of carboxylic acids is 1. The van der Waals surface area contributed by atoms with Crippen molar-refractivity contribution in [3.8, 4) is 0 Å². The van der Waals surface area contributed by atoms with Crippen LogP contribution in [0.15, 0.2) is 41.3 Å². The van der Waals surface area contributed by atoms with E-state index >= 15 is 0 Å². The van der Waals surface area contributed by atoms with Crippen LogP contribution in [0.5, 0.6) is 0 Å². The van der Waals surface area contributed by atoms with Gasteiger partial charge in [0.1, 0.15) is 0 Å². The molecule has 0 spiro atoms. The zero-order valence-electron chi connectivity index (χ0n) is 10.3. The van der Waals surface area contributed by atoms with Gasteiger partial charge in [-0.3, -0.25) is 0 Å². The van der Waals surface area contributed by atoms with Crippen molar-refractivity contribution in [1.29, 1.82) is 0 Å². The Labute approximate surface area is 120 Å². The van der Waals surface area contributed by atoms with Crippen LogP contribution in [0, 0.1) is 0 Å². The molecule has 0 aliphatic heterocycles. The Balaban J connectivity index is 2.18. The van der Waals surface area contributed by atoms with Gasteiger partial charge in [-0.15, -0.1) is 11.8 Å². The fourth-order valence-electron chi connectivity index (χ4n) is 1.57. The molecule has 5 heteroatoms. The first-order valence-corrected chi connectivity index (χ1v) is 7.03. The Morgan fingerprint density at radius 3 is 2.58 bits per heavy atom. The number of thioether (sulfide) groups is 1. The van der Waals surface area contributed by atoms with E-state index in [-0.39, 0.29) is 5.75 Å². The Morgan fingerprint density at radius 1 is 1.26 bits per heavy atom. The number of hydrogen-bond acceptors (Lipinski definition) is 3. The molecule has 0 aliphatic rings. The number of aliphatic carboxylic acids is 1. The summed E-state index contributed by atoms with van der Waals surface area (Å²) >= 11 is 7.22. The van der Waals surface area contributed by atoms with Crippen molar-refractivity contribution in [2.45, 2.75) is 17.4 Å². The molecular weight excluding hydrogens is 284 g/mol. The third kappa shape index (κ3) is 3.41. The topological polar surface area (TPSA) is 57.5 Å². The quantitative estimate of drug-likeness (QED) is 0.849. The van der Waals surface area contributed by atoms with E-state index in [0.29, 0.717) is 5.02 Å². The molecule has 0 unspecified atom stereocenters. The number of carbonyl (C=O) groups is 1. The maximum absolute atomic E-state index is 10.8. The minimum Gasteiger partial charge on any atom is -0.479 e. The molecule has 0 radical (unpaired) electrons. The second-order valence-corrected chi connectivity index (χ2v) is 6.01. The molecular formula is C14H13ClO3S. The zero-order valence-corrected chi connectivity index (χ0v) is 11.8. The van der Waals surface area contributed by atoms with Crippen molar-refractivity contribution in [2.24, 2.45) is 0 Å². The van der Waals surface area contributed by atoms with Gasteiger partial charge in [0.2, 0.25) is 0 Å². The molecule has 0 amide bonds. The van der Waals surface area contributed by atoms with Gasteiger partial charge in [-0.2, -0.15) is 0 Å². The van der Waals surface area contributed by atoms with Gasteiger partial charge in [0, 0.05) is 15.7 Å². The second-order valence-electron chi connectivity index (χ2n) is 4.52. The summed E-state index contributed by atoms with van der Waals surface area (Å²) in [6.07, 6.45) is 0. The van der Waals surface area contributed by atoms with Crippen LogP contribution < -0.4 is 0 Å². The highest BCUT2D eigenvalue weighted by molar-refractivity contribution is 7.99. The second kappa shape index (κ2) is 5.41. The molecule has 1 atom stereocenters. The summed E-state index contributed by atoms with van der Waals surface area (Å²) in [5.41, 5.74) is -1.72. The zero-order chi connectivity index (χ0) is 14.0. The molecule has 0 aromatic heterocycles. The van der Waals surface area contributed by atoms with Crippen molar-refractivity contribution >= 4 is 40.1 Å². The largest absolute Gasteiger partial charge is 0.479 e. The van der Waals surface area contributed by atoms with Crippen LogP contribution in [0.25, 0.3) is 10.8 Å². The van der Waals surface area contributed by atoms with E-state index < -0.39 is 11.6 Å². The highest BCUT2D eigenvalue weighted by Crippen LogP contribution is 2.27. The van der Waals surface area contributed by atoms with Crippen LogP contribution in [-0.2, 0) is 4.79 Å². The molecule has 0 bridgehead atoms. The van der Waals surface area contributed by atoms with Crippen LogP contribution >= 0.6 is 23.4 Å². The van der Waals surface area contributed by atoms with Gasteiger partial charge in [0.25, 0.3) is 0 Å². The van der Waals surface area contributed by atoms with Gasteiger partial charge in [0.05, 0.1) is 0 Å². The van der Waals surface area contributed by atoms with Crippen LogP contribution in [0.1, 0.15) is 6.92 Å². The molecule has 2 aromatic rings. The summed E-state index contributed by atoms with van der Waals surface area (Å²) in [6, 6.07) is 11.4. The van der Waals surface area contributed by atoms with Crippen molar-refractivity contribution < 1.29 is 15.0 Å². The average molecular weight is 297 g/mol. The Morgan fingerprint density at radius 2 is 1.89 bits per heavy atom. The monoisotopic (exact) mass is 296 g/mol. The van der Waals surface area contributed by atoms with Crippen molar-refractivity contribution in [3.05, 3.63) is 41.4 Å². The van der Waals surface area contributed by atoms with Crippen molar-refractivity contribution in [2.75, 3.05) is 5.75 Å². The molecule has 0 fully saturated rings. The molecule has 2 N–H and O–H groups in total. The summed E-state index contributed by atoms with van der Waals surface area (Å²) in [7, 11) is 0. The fourth-order valence-corrected chi connectivity index (χ4v) is 2.70. The number of halogens is 1. The lowest BCUT2D eigenvalue weighted by atomic mass is 10.1. The van der Waals surface area contributed by atoms with Crippen LogP contribution in [-0.4, -0.2) is 27.5 Å².